The first-order chi connectivity index (χ1) is 3.42. The highest BCUT2D eigenvalue weighted by Gasteiger charge is 2.08. The van der Waals surface area contributed by atoms with Crippen molar-refractivity contribution in [3.63, 3.8) is 0 Å². The Kier molecular flexibility index (Phi) is 2.70. The SMILES string of the molecule is CC([SiH3])NC(C)(C)C. The summed E-state index contributed by atoms with van der Waals surface area (Å²) in [5.74, 6) is 0. The highest BCUT2D eigenvalue weighted by Crippen LogP contribution is 1.98. The fourth-order valence-corrected chi connectivity index (χ4v) is 1.73. The van der Waals surface area contributed by atoms with Gasteiger partial charge in [-0.1, -0.05) is 6.92 Å². The summed E-state index contributed by atoms with van der Waals surface area (Å²) in [6.45, 7) is 8.81. The van der Waals surface area contributed by atoms with Crippen molar-refractivity contribution in [1.82, 2.24) is 5.32 Å². The van der Waals surface area contributed by atoms with Crippen molar-refractivity contribution in [1.29, 1.82) is 0 Å². The molecule has 0 saturated carbocycles. The summed E-state index contributed by atoms with van der Waals surface area (Å²) in [7, 11) is 1.24. The molecule has 0 aliphatic carbocycles. The topological polar surface area (TPSA) is 12.0 Å². The molecule has 0 spiro atoms. The molecule has 0 aromatic rings. The minimum Gasteiger partial charge on any atom is -0.313 e. The number of hydrogen-bond acceptors (Lipinski definition) is 1. The standard InChI is InChI=1S/C6H17NSi/c1-5(8)7-6(2,3)4/h5,7H,1-4,8H3. The number of nitrogens with one attached hydrogen (secondary N) is 1. The molecule has 1 N–H and O–H groups in total. The van der Waals surface area contributed by atoms with Crippen LogP contribution >= 0.6 is 0 Å². The fourth-order valence-electron chi connectivity index (χ4n) is 0.866. The Balaban J connectivity index is 3.39. The Morgan fingerprint density at radius 3 is 1.75 bits per heavy atom. The van der Waals surface area contributed by atoms with E-state index in [-0.39, 0.29) is 0 Å². The van der Waals surface area contributed by atoms with Crippen molar-refractivity contribution in [2.75, 3.05) is 0 Å². The molecular weight excluding hydrogens is 114 g/mol. The predicted octanol–water partition coefficient (Wildman–Crippen LogP) is 0.0859. The third-order valence-electron chi connectivity index (χ3n) is 0.722. The van der Waals surface area contributed by atoms with Crippen molar-refractivity contribution in [3.05, 3.63) is 0 Å². The maximum atomic E-state index is 3.44. The molecule has 0 aliphatic heterocycles. The largest absolute Gasteiger partial charge is 0.313 e. The zero-order valence-electron chi connectivity index (χ0n) is 6.58. The lowest BCUT2D eigenvalue weighted by Gasteiger charge is -2.23. The third kappa shape index (κ3) is 6.18. The van der Waals surface area contributed by atoms with E-state index < -0.39 is 0 Å². The summed E-state index contributed by atoms with van der Waals surface area (Å²) in [6.07, 6.45) is 0. The highest BCUT2D eigenvalue weighted by molar-refractivity contribution is 6.11. The van der Waals surface area contributed by atoms with Gasteiger partial charge in [-0.3, -0.25) is 0 Å². The molecule has 0 heterocycles. The molecule has 0 aromatic carbocycles. The normalized spacial score (nSPS) is 16.5. The van der Waals surface area contributed by atoms with E-state index in [0.717, 1.165) is 5.67 Å². The lowest BCUT2D eigenvalue weighted by atomic mass is 10.1. The molecule has 8 heavy (non-hydrogen) atoms. The van der Waals surface area contributed by atoms with E-state index in [4.69, 9.17) is 0 Å². The van der Waals surface area contributed by atoms with E-state index in [2.05, 4.69) is 33.0 Å². The van der Waals surface area contributed by atoms with E-state index in [1.807, 2.05) is 0 Å². The molecule has 0 aromatic heterocycles. The van der Waals surface area contributed by atoms with Crippen molar-refractivity contribution in [2.45, 2.75) is 38.9 Å². The second-order valence-corrected chi connectivity index (χ2v) is 5.28. The second-order valence-electron chi connectivity index (χ2n) is 3.55. The van der Waals surface area contributed by atoms with Gasteiger partial charge in [0.15, 0.2) is 0 Å². The van der Waals surface area contributed by atoms with Crippen LogP contribution in [0.1, 0.15) is 27.7 Å². The summed E-state index contributed by atoms with van der Waals surface area (Å²) < 4.78 is 0. The predicted molar refractivity (Wildman–Crippen MR) is 42.3 cm³/mol. The van der Waals surface area contributed by atoms with E-state index in [0.29, 0.717) is 5.54 Å². The minimum absolute atomic E-state index is 0.307. The maximum absolute atomic E-state index is 3.44. The van der Waals surface area contributed by atoms with Crippen molar-refractivity contribution >= 4 is 10.2 Å². The lowest BCUT2D eigenvalue weighted by Crippen LogP contribution is -2.42. The molecule has 1 unspecified atom stereocenters. The van der Waals surface area contributed by atoms with Crippen LogP contribution in [-0.2, 0) is 0 Å². The first kappa shape index (κ1) is 8.18. The third-order valence-corrected chi connectivity index (χ3v) is 1.01. The zero-order valence-corrected chi connectivity index (χ0v) is 8.58. The van der Waals surface area contributed by atoms with Gasteiger partial charge in [0.05, 0.1) is 0 Å². The summed E-state index contributed by atoms with van der Waals surface area (Å²) in [5.41, 5.74) is 1.04. The Hall–Kier alpha value is 0.177. The van der Waals surface area contributed by atoms with Crippen LogP contribution in [-0.4, -0.2) is 21.4 Å². The van der Waals surface area contributed by atoms with Crippen molar-refractivity contribution in [2.24, 2.45) is 0 Å². The van der Waals surface area contributed by atoms with Gasteiger partial charge < -0.3 is 5.32 Å². The summed E-state index contributed by atoms with van der Waals surface area (Å²) >= 11 is 0. The van der Waals surface area contributed by atoms with E-state index in [1.54, 1.807) is 0 Å². The van der Waals surface area contributed by atoms with Crippen molar-refractivity contribution < 1.29 is 0 Å². The van der Waals surface area contributed by atoms with Gasteiger partial charge in [-0.2, -0.15) is 0 Å². The average Bonchev–Trinajstić information content (AvgIpc) is 1.21. The van der Waals surface area contributed by atoms with Crippen LogP contribution in [0.15, 0.2) is 0 Å². The van der Waals surface area contributed by atoms with Crippen LogP contribution in [0.5, 0.6) is 0 Å². The quantitative estimate of drug-likeness (QED) is 0.497. The van der Waals surface area contributed by atoms with E-state index in [1.165, 1.54) is 10.2 Å². The molecule has 0 radical (unpaired) electrons. The van der Waals surface area contributed by atoms with E-state index >= 15 is 0 Å². The Morgan fingerprint density at radius 2 is 1.75 bits per heavy atom. The molecule has 0 aliphatic rings. The number of rotatable bonds is 1. The molecule has 0 amide bonds. The second kappa shape index (κ2) is 2.64. The Morgan fingerprint density at radius 1 is 1.38 bits per heavy atom. The molecule has 2 heteroatoms. The van der Waals surface area contributed by atoms with Crippen LogP contribution in [0, 0.1) is 0 Å². The summed E-state index contributed by atoms with van der Waals surface area (Å²) in [6, 6.07) is 0. The van der Waals surface area contributed by atoms with Crippen LogP contribution in [0.3, 0.4) is 0 Å². The van der Waals surface area contributed by atoms with Gasteiger partial charge >= 0.3 is 0 Å². The lowest BCUT2D eigenvalue weighted by molar-refractivity contribution is 0.421. The van der Waals surface area contributed by atoms with Crippen molar-refractivity contribution in [3.8, 4) is 0 Å². The van der Waals surface area contributed by atoms with Gasteiger partial charge in [0.25, 0.3) is 0 Å². The summed E-state index contributed by atoms with van der Waals surface area (Å²) in [5, 5.41) is 3.44. The van der Waals surface area contributed by atoms with Gasteiger partial charge in [0.1, 0.15) is 0 Å². The van der Waals surface area contributed by atoms with Gasteiger partial charge in [-0.05, 0) is 26.4 Å². The first-order valence-corrected chi connectivity index (χ1v) is 4.35. The molecule has 1 nitrogen and oxygen atoms in total. The first-order valence-electron chi connectivity index (χ1n) is 3.19. The minimum atomic E-state index is 0.307. The Labute approximate surface area is 55.3 Å². The van der Waals surface area contributed by atoms with E-state index in [9.17, 15) is 0 Å². The maximum Gasteiger partial charge on any atom is 0.0237 e. The average molecular weight is 131 g/mol. The number of hydrogen-bond donors (Lipinski definition) is 1. The van der Waals surface area contributed by atoms with Crippen LogP contribution < -0.4 is 5.32 Å². The van der Waals surface area contributed by atoms with Crippen LogP contribution in [0.2, 0.25) is 0 Å². The summed E-state index contributed by atoms with van der Waals surface area (Å²) in [4.78, 5) is 0. The molecule has 0 rings (SSSR count). The van der Waals surface area contributed by atoms with Crippen LogP contribution in [0.4, 0.5) is 0 Å². The zero-order chi connectivity index (χ0) is 6.78. The Bertz CT molecular complexity index is 63.4. The molecule has 50 valence electrons. The molecule has 1 atom stereocenters. The molecular formula is C6H17NSi. The van der Waals surface area contributed by atoms with Crippen LogP contribution in [0.25, 0.3) is 0 Å². The van der Waals surface area contributed by atoms with Gasteiger partial charge in [-0.15, -0.1) is 0 Å². The molecule has 0 saturated heterocycles. The molecule has 0 fully saturated rings. The fraction of sp³-hybridized carbons (Fsp3) is 1.00. The van der Waals surface area contributed by atoms with Gasteiger partial charge in [0, 0.05) is 15.8 Å². The van der Waals surface area contributed by atoms with Gasteiger partial charge in [0.2, 0.25) is 0 Å². The van der Waals surface area contributed by atoms with Gasteiger partial charge in [-0.25, -0.2) is 0 Å². The monoisotopic (exact) mass is 131 g/mol. The smallest absolute Gasteiger partial charge is 0.0237 e. The highest BCUT2D eigenvalue weighted by atomic mass is 28.1. The molecule has 0 bridgehead atoms.